The lowest BCUT2D eigenvalue weighted by atomic mass is 9.98. The summed E-state index contributed by atoms with van der Waals surface area (Å²) in [6.07, 6.45) is 8.70. The van der Waals surface area contributed by atoms with Gasteiger partial charge in [-0.1, -0.05) is 36.8 Å². The van der Waals surface area contributed by atoms with Crippen molar-refractivity contribution >= 4 is 29.3 Å². The summed E-state index contributed by atoms with van der Waals surface area (Å²) in [5.41, 5.74) is 17.7. The Labute approximate surface area is 184 Å². The Balaban J connectivity index is 1.82. The number of piperidine rings is 1. The lowest BCUT2D eigenvalue weighted by Crippen LogP contribution is -2.29. The lowest BCUT2D eigenvalue weighted by Gasteiger charge is -2.26. The summed E-state index contributed by atoms with van der Waals surface area (Å²) in [6, 6.07) is 13.7. The minimum atomic E-state index is 0.176. The molecule has 1 heterocycles. The Morgan fingerprint density at radius 2 is 1.90 bits per heavy atom. The number of hydrogen-bond donors (Lipinski definition) is 5. The first-order valence-electron chi connectivity index (χ1n) is 10.7. The second-order valence-electron chi connectivity index (χ2n) is 7.89. The Hall–Kier alpha value is -3.38. The van der Waals surface area contributed by atoms with Crippen LogP contribution < -0.4 is 16.8 Å². The molecule has 1 aliphatic rings. The molecular formula is C25H32N6. The minimum Gasteiger partial charge on any atom is -0.398 e. The molecule has 1 saturated heterocycles. The molecule has 0 saturated carbocycles. The summed E-state index contributed by atoms with van der Waals surface area (Å²) < 4.78 is 0. The molecule has 0 unspecified atom stereocenters. The maximum Gasteiger partial charge on any atom is 0.0862 e. The van der Waals surface area contributed by atoms with E-state index in [2.05, 4.69) is 22.3 Å². The summed E-state index contributed by atoms with van der Waals surface area (Å²) in [7, 11) is 1.78. The van der Waals surface area contributed by atoms with Crippen LogP contribution in [0.4, 0.5) is 5.69 Å². The molecule has 6 heteroatoms. The van der Waals surface area contributed by atoms with Gasteiger partial charge in [0.1, 0.15) is 0 Å². The molecule has 2 aromatic rings. The summed E-state index contributed by atoms with van der Waals surface area (Å²) >= 11 is 0. The quantitative estimate of drug-likeness (QED) is 0.332. The van der Waals surface area contributed by atoms with Crippen LogP contribution in [0.2, 0.25) is 0 Å². The SMILES string of the molecule is CN/C=C(\C=N)c1ccc(N)c(C(=N)/C(N)=C/c2cccc(CN3CCCCC3)c2)c1. The van der Waals surface area contributed by atoms with Crippen LogP contribution in [-0.4, -0.2) is 37.0 Å². The number of hydrogen-bond acceptors (Lipinski definition) is 6. The number of nitrogens with two attached hydrogens (primary N) is 2. The van der Waals surface area contributed by atoms with Gasteiger partial charge in [-0.15, -0.1) is 0 Å². The maximum absolute atomic E-state index is 8.61. The molecule has 31 heavy (non-hydrogen) atoms. The highest BCUT2D eigenvalue weighted by Crippen LogP contribution is 2.22. The molecule has 7 N–H and O–H groups in total. The van der Waals surface area contributed by atoms with Gasteiger partial charge in [-0.2, -0.15) is 0 Å². The minimum absolute atomic E-state index is 0.176. The first-order chi connectivity index (χ1) is 15.0. The average molecular weight is 417 g/mol. The van der Waals surface area contributed by atoms with Crippen LogP contribution in [0.1, 0.15) is 41.5 Å². The molecule has 0 aliphatic carbocycles. The molecule has 1 aliphatic heterocycles. The Bertz CT molecular complexity index is 999. The van der Waals surface area contributed by atoms with Gasteiger partial charge < -0.3 is 22.2 Å². The highest BCUT2D eigenvalue weighted by Gasteiger charge is 2.13. The molecular weight excluding hydrogens is 384 g/mol. The number of nitrogen functional groups attached to an aromatic ring is 1. The van der Waals surface area contributed by atoms with E-state index in [9.17, 15) is 0 Å². The summed E-state index contributed by atoms with van der Waals surface area (Å²) in [5.74, 6) is 0. The number of nitrogens with one attached hydrogen (secondary N) is 3. The fraction of sp³-hybridized carbons (Fsp3) is 0.280. The van der Waals surface area contributed by atoms with Crippen LogP contribution >= 0.6 is 0 Å². The van der Waals surface area contributed by atoms with Gasteiger partial charge in [0.25, 0.3) is 0 Å². The van der Waals surface area contributed by atoms with Crippen molar-refractivity contribution in [2.24, 2.45) is 5.73 Å². The topological polar surface area (TPSA) is 115 Å². The molecule has 0 amide bonds. The fourth-order valence-corrected chi connectivity index (χ4v) is 3.88. The van der Waals surface area contributed by atoms with Gasteiger partial charge in [0, 0.05) is 42.8 Å². The van der Waals surface area contributed by atoms with Gasteiger partial charge in [-0.3, -0.25) is 10.3 Å². The van der Waals surface area contributed by atoms with Gasteiger partial charge in [0.05, 0.1) is 11.4 Å². The normalized spacial score (nSPS) is 15.5. The molecule has 1 fully saturated rings. The van der Waals surface area contributed by atoms with Crippen molar-refractivity contribution in [2.45, 2.75) is 25.8 Å². The van der Waals surface area contributed by atoms with Crippen molar-refractivity contribution in [3.05, 3.63) is 76.6 Å². The fourth-order valence-electron chi connectivity index (χ4n) is 3.88. The molecule has 3 rings (SSSR count). The van der Waals surface area contributed by atoms with Crippen LogP contribution in [0, 0.1) is 10.8 Å². The third kappa shape index (κ3) is 5.83. The van der Waals surface area contributed by atoms with Gasteiger partial charge in [0.15, 0.2) is 0 Å². The summed E-state index contributed by atoms with van der Waals surface area (Å²) in [6.45, 7) is 3.25. The Morgan fingerprint density at radius 3 is 2.61 bits per heavy atom. The number of benzene rings is 2. The second-order valence-corrected chi connectivity index (χ2v) is 7.89. The van der Waals surface area contributed by atoms with Crippen LogP contribution in [0.25, 0.3) is 11.6 Å². The monoisotopic (exact) mass is 416 g/mol. The standard InChI is InChI=1S/C25H32N6/c1-30-16-21(15-26)20-8-9-23(27)22(14-20)25(29)24(28)13-18-6-5-7-19(12-18)17-31-10-3-2-4-11-31/h5-9,12-16,26,29-30H,2-4,10-11,17,27-28H2,1H3/b21-16+,24-13-,26-15?,29-25?. The first-order valence-corrected chi connectivity index (χ1v) is 10.7. The van der Waals surface area contributed by atoms with Gasteiger partial charge in [0.2, 0.25) is 0 Å². The molecule has 162 valence electrons. The zero-order chi connectivity index (χ0) is 22.2. The predicted octanol–water partition coefficient (Wildman–Crippen LogP) is 3.83. The first kappa shape index (κ1) is 22.3. The molecule has 0 radical (unpaired) electrons. The van der Waals surface area contributed by atoms with Crippen LogP contribution in [0.3, 0.4) is 0 Å². The zero-order valence-electron chi connectivity index (χ0n) is 18.1. The molecule has 0 aromatic heterocycles. The third-order valence-electron chi connectivity index (χ3n) is 5.53. The van der Waals surface area contributed by atoms with E-state index in [1.165, 1.54) is 31.0 Å². The zero-order valence-corrected chi connectivity index (χ0v) is 18.1. The highest BCUT2D eigenvalue weighted by molar-refractivity contribution is 6.16. The smallest absolute Gasteiger partial charge is 0.0862 e. The Kier molecular flexibility index (Phi) is 7.62. The van der Waals surface area contributed by atoms with Gasteiger partial charge in [-0.05, 0) is 60.8 Å². The van der Waals surface area contributed by atoms with Gasteiger partial charge in [-0.25, -0.2) is 0 Å². The van der Waals surface area contributed by atoms with E-state index in [0.29, 0.717) is 22.5 Å². The van der Waals surface area contributed by atoms with Crippen LogP contribution in [0.5, 0.6) is 0 Å². The molecule has 0 atom stereocenters. The van der Waals surface area contributed by atoms with E-state index < -0.39 is 0 Å². The van der Waals surface area contributed by atoms with E-state index in [0.717, 1.165) is 30.8 Å². The second kappa shape index (κ2) is 10.6. The number of likely N-dealkylation sites (tertiary alicyclic amines) is 1. The summed E-state index contributed by atoms with van der Waals surface area (Å²) in [5, 5.41) is 19.2. The van der Waals surface area contributed by atoms with Crippen LogP contribution in [-0.2, 0) is 6.54 Å². The molecule has 0 spiro atoms. The summed E-state index contributed by atoms with van der Waals surface area (Å²) in [4.78, 5) is 2.49. The van der Waals surface area contributed by atoms with E-state index in [1.54, 1.807) is 25.4 Å². The lowest BCUT2D eigenvalue weighted by molar-refractivity contribution is 0.221. The molecule has 2 aromatic carbocycles. The number of nitrogens with zero attached hydrogens (tertiary/aromatic N) is 1. The number of rotatable bonds is 8. The number of anilines is 1. The van der Waals surface area contributed by atoms with E-state index >= 15 is 0 Å². The van der Waals surface area contributed by atoms with Crippen molar-refractivity contribution in [3.8, 4) is 0 Å². The van der Waals surface area contributed by atoms with E-state index in [-0.39, 0.29) is 5.71 Å². The van der Waals surface area contributed by atoms with E-state index in [4.69, 9.17) is 22.3 Å². The van der Waals surface area contributed by atoms with Gasteiger partial charge >= 0.3 is 0 Å². The molecule has 0 bridgehead atoms. The maximum atomic E-state index is 8.61. The van der Waals surface area contributed by atoms with Crippen molar-refractivity contribution in [2.75, 3.05) is 25.9 Å². The van der Waals surface area contributed by atoms with E-state index in [1.807, 2.05) is 24.3 Å². The highest BCUT2D eigenvalue weighted by atomic mass is 15.1. The predicted molar refractivity (Wildman–Crippen MR) is 131 cm³/mol. The largest absolute Gasteiger partial charge is 0.398 e. The molecule has 6 nitrogen and oxygen atoms in total. The van der Waals surface area contributed by atoms with Crippen molar-refractivity contribution in [1.82, 2.24) is 10.2 Å². The van der Waals surface area contributed by atoms with Crippen molar-refractivity contribution < 1.29 is 0 Å². The Morgan fingerprint density at radius 1 is 1.13 bits per heavy atom. The van der Waals surface area contributed by atoms with Crippen LogP contribution in [0.15, 0.2) is 54.4 Å². The van der Waals surface area contributed by atoms with Crippen molar-refractivity contribution in [1.29, 1.82) is 10.8 Å². The van der Waals surface area contributed by atoms with Crippen molar-refractivity contribution in [3.63, 3.8) is 0 Å². The average Bonchev–Trinajstić information content (AvgIpc) is 2.78. The third-order valence-corrected chi connectivity index (χ3v) is 5.53. The number of allylic oxidation sites excluding steroid dienone is 2.